The molecule has 0 amide bonds. The molecule has 4 atom stereocenters. The first-order chi connectivity index (χ1) is 32.3. The van der Waals surface area contributed by atoms with Crippen LogP contribution in [0, 0.1) is 11.8 Å². The van der Waals surface area contributed by atoms with Crippen molar-refractivity contribution >= 4 is 11.9 Å². The molecule has 6 N–H and O–H groups in total. The van der Waals surface area contributed by atoms with Gasteiger partial charge in [0.2, 0.25) is 0 Å². The Morgan fingerprint density at radius 3 is 0.985 bits per heavy atom. The molecule has 0 spiro atoms. The summed E-state index contributed by atoms with van der Waals surface area (Å²) < 4.78 is 11.6. The van der Waals surface area contributed by atoms with Crippen LogP contribution in [0.3, 0.4) is 0 Å². The summed E-state index contributed by atoms with van der Waals surface area (Å²) in [6.45, 7) is 16.1. The van der Waals surface area contributed by atoms with E-state index < -0.39 is 0 Å². The fraction of sp³-hybridized carbons (Fsp3) is 0.964. The predicted molar refractivity (Wildman–Crippen MR) is 281 cm³/mol. The lowest BCUT2D eigenvalue weighted by molar-refractivity contribution is -0.150. The molecule has 0 aliphatic carbocycles. The van der Waals surface area contributed by atoms with Gasteiger partial charge in [-0.05, 0) is 129 Å². The second-order valence-electron chi connectivity index (χ2n) is 20.1. The van der Waals surface area contributed by atoms with E-state index in [0.29, 0.717) is 39.4 Å². The fourth-order valence-corrected chi connectivity index (χ4v) is 9.30. The maximum Gasteiger partial charge on any atom is 0.308 e. The number of carbonyl (C=O) groups is 2. The second-order valence-corrected chi connectivity index (χ2v) is 20.1. The molecule has 0 rings (SSSR count). The molecule has 0 aliphatic heterocycles. The molecule has 0 radical (unpaired) electrons. The van der Waals surface area contributed by atoms with Gasteiger partial charge in [-0.15, -0.1) is 0 Å². The van der Waals surface area contributed by atoms with Gasteiger partial charge >= 0.3 is 11.9 Å². The van der Waals surface area contributed by atoms with E-state index in [1.807, 2.05) is 0 Å². The lowest BCUT2D eigenvalue weighted by Crippen LogP contribution is -2.36. The van der Waals surface area contributed by atoms with Gasteiger partial charge in [0.05, 0.1) is 37.3 Å². The molecular formula is C56H114N4O6. The minimum atomic E-state index is -0.384. The van der Waals surface area contributed by atoms with Crippen LogP contribution in [0.1, 0.15) is 259 Å². The van der Waals surface area contributed by atoms with Crippen LogP contribution in [0.15, 0.2) is 0 Å². The summed E-state index contributed by atoms with van der Waals surface area (Å²) >= 11 is 0. The molecule has 0 aromatic rings. The highest BCUT2D eigenvalue weighted by atomic mass is 16.5. The summed E-state index contributed by atoms with van der Waals surface area (Å²) in [7, 11) is 0. The monoisotopic (exact) mass is 939 g/mol. The number of aliphatic hydroxyl groups is 2. The number of hydrogen-bond donors (Lipinski definition) is 4. The van der Waals surface area contributed by atoms with Crippen molar-refractivity contribution in [2.24, 2.45) is 23.3 Å². The topological polar surface area (TPSA) is 152 Å². The van der Waals surface area contributed by atoms with Crippen molar-refractivity contribution in [1.82, 2.24) is 9.80 Å². The number of unbranched alkanes of at least 4 members (excludes halogenated alkanes) is 21. The summed E-state index contributed by atoms with van der Waals surface area (Å²) in [4.78, 5) is 30.8. The maximum absolute atomic E-state index is 13.0. The van der Waals surface area contributed by atoms with Crippen LogP contribution in [0.2, 0.25) is 0 Å². The smallest absolute Gasteiger partial charge is 0.308 e. The number of rotatable bonds is 53. The number of aliphatic hydroxyl groups excluding tert-OH is 2. The van der Waals surface area contributed by atoms with Crippen LogP contribution in [0.25, 0.3) is 0 Å². The van der Waals surface area contributed by atoms with Crippen molar-refractivity contribution in [3.05, 3.63) is 0 Å². The standard InChI is InChI=1S/C56H114N4O6/c1-5-9-13-17-19-25-37-51(35-23-15-11-7-3)55(63)65-47-31-21-27-39-53(61)49-59(45-33-41-57)43-29-30-44-60(46-34-42-58)50-54(62)40-28-22-32-48-66-56(64)52(36-24-16-12-8-4)38-26-20-18-14-10-6-2/h51-54,61-62H,5-50,57-58H2,1-4H3. The summed E-state index contributed by atoms with van der Waals surface area (Å²) in [6.07, 6.45) is 38.3. The fourth-order valence-electron chi connectivity index (χ4n) is 9.30. The first kappa shape index (κ1) is 64.7. The largest absolute Gasteiger partial charge is 0.465 e. The maximum atomic E-state index is 13.0. The third kappa shape index (κ3) is 41.7. The first-order valence-corrected chi connectivity index (χ1v) is 28.8. The normalized spacial score (nSPS) is 13.7. The Hall–Kier alpha value is -1.30. The molecule has 0 fully saturated rings. The average Bonchev–Trinajstić information content (AvgIpc) is 3.31. The molecule has 66 heavy (non-hydrogen) atoms. The van der Waals surface area contributed by atoms with E-state index in [4.69, 9.17) is 20.9 Å². The SMILES string of the molecule is CCCCCCCCC(CCCCCC)C(=O)OCCCCCC(O)CN(CCCN)CCCCN(CCCN)CC(O)CCCCCOC(=O)C(CCCCCC)CCCCCCCC. The van der Waals surface area contributed by atoms with E-state index in [0.717, 1.165) is 155 Å². The van der Waals surface area contributed by atoms with Crippen LogP contribution in [0.5, 0.6) is 0 Å². The van der Waals surface area contributed by atoms with E-state index in [-0.39, 0.29) is 36.0 Å². The van der Waals surface area contributed by atoms with E-state index >= 15 is 0 Å². The third-order valence-electron chi connectivity index (χ3n) is 13.6. The number of nitrogens with two attached hydrogens (primary N) is 2. The Labute approximate surface area is 409 Å². The molecule has 10 heteroatoms. The number of carbonyl (C=O) groups excluding carboxylic acids is 2. The minimum absolute atomic E-state index is 0.00648. The molecule has 0 heterocycles. The van der Waals surface area contributed by atoms with Crippen LogP contribution in [-0.4, -0.2) is 110 Å². The molecule has 0 aromatic heterocycles. The first-order valence-electron chi connectivity index (χ1n) is 28.8. The van der Waals surface area contributed by atoms with Crippen LogP contribution < -0.4 is 11.5 Å². The Bertz CT molecular complexity index is 945. The Balaban J connectivity index is 4.58. The average molecular weight is 940 g/mol. The van der Waals surface area contributed by atoms with Crippen molar-refractivity contribution in [3.8, 4) is 0 Å². The Morgan fingerprint density at radius 1 is 0.379 bits per heavy atom. The van der Waals surface area contributed by atoms with Crippen LogP contribution in [0.4, 0.5) is 0 Å². The summed E-state index contributed by atoms with van der Waals surface area (Å²) in [5.41, 5.74) is 11.8. The minimum Gasteiger partial charge on any atom is -0.465 e. The molecule has 0 aromatic carbocycles. The Kier molecular flexibility index (Phi) is 49.1. The van der Waals surface area contributed by atoms with Crippen molar-refractivity contribution < 1.29 is 29.3 Å². The zero-order chi connectivity index (χ0) is 48.6. The number of esters is 2. The Morgan fingerprint density at radius 2 is 0.652 bits per heavy atom. The van der Waals surface area contributed by atoms with Gasteiger partial charge in [-0.2, -0.15) is 0 Å². The van der Waals surface area contributed by atoms with E-state index in [2.05, 4.69) is 37.5 Å². The summed E-state index contributed by atoms with van der Waals surface area (Å²) in [5, 5.41) is 22.0. The lowest BCUT2D eigenvalue weighted by atomic mass is 9.94. The second kappa shape index (κ2) is 50.1. The van der Waals surface area contributed by atoms with E-state index in [1.54, 1.807) is 0 Å². The zero-order valence-electron chi connectivity index (χ0n) is 44.4. The van der Waals surface area contributed by atoms with Crippen LogP contribution in [-0.2, 0) is 19.1 Å². The van der Waals surface area contributed by atoms with Gasteiger partial charge in [0.25, 0.3) is 0 Å². The van der Waals surface area contributed by atoms with Gasteiger partial charge in [-0.3, -0.25) is 9.59 Å². The van der Waals surface area contributed by atoms with E-state index in [9.17, 15) is 19.8 Å². The molecule has 10 nitrogen and oxygen atoms in total. The highest BCUT2D eigenvalue weighted by Gasteiger charge is 2.21. The summed E-state index contributed by atoms with van der Waals surface area (Å²) in [5.74, 6) is 0.104. The molecule has 0 saturated heterocycles. The quantitative estimate of drug-likeness (QED) is 0.0343. The van der Waals surface area contributed by atoms with Crippen molar-refractivity contribution in [1.29, 1.82) is 0 Å². The van der Waals surface area contributed by atoms with Crippen molar-refractivity contribution in [2.75, 3.05) is 65.6 Å². The van der Waals surface area contributed by atoms with Crippen molar-refractivity contribution in [2.45, 2.75) is 271 Å². The van der Waals surface area contributed by atoms with Crippen molar-refractivity contribution in [3.63, 3.8) is 0 Å². The molecule has 0 saturated carbocycles. The van der Waals surface area contributed by atoms with Gasteiger partial charge in [-0.1, -0.05) is 169 Å². The zero-order valence-corrected chi connectivity index (χ0v) is 44.4. The predicted octanol–water partition coefficient (Wildman–Crippen LogP) is 12.7. The summed E-state index contributed by atoms with van der Waals surface area (Å²) in [6, 6.07) is 0. The molecule has 0 bridgehead atoms. The van der Waals surface area contributed by atoms with Gasteiger partial charge in [0.1, 0.15) is 0 Å². The third-order valence-corrected chi connectivity index (χ3v) is 13.6. The number of nitrogens with zero attached hydrogens (tertiary/aromatic N) is 2. The van der Waals surface area contributed by atoms with E-state index in [1.165, 1.54) is 103 Å². The van der Waals surface area contributed by atoms with Gasteiger partial charge < -0.3 is 41.0 Å². The van der Waals surface area contributed by atoms with Gasteiger partial charge in [0, 0.05) is 13.1 Å². The highest BCUT2D eigenvalue weighted by Crippen LogP contribution is 2.23. The molecule has 0 aliphatic rings. The lowest BCUT2D eigenvalue weighted by Gasteiger charge is -2.27. The number of ether oxygens (including phenoxy) is 2. The molecule has 4 unspecified atom stereocenters. The highest BCUT2D eigenvalue weighted by molar-refractivity contribution is 5.72. The number of hydrogen-bond acceptors (Lipinski definition) is 10. The molecule has 394 valence electrons. The van der Waals surface area contributed by atoms with Crippen LogP contribution >= 0.6 is 0 Å². The van der Waals surface area contributed by atoms with Gasteiger partial charge in [0.15, 0.2) is 0 Å². The molecular weight excluding hydrogens is 825 g/mol. The van der Waals surface area contributed by atoms with Gasteiger partial charge in [-0.25, -0.2) is 0 Å².